The molecule has 2 aromatic rings. The third kappa shape index (κ3) is 15.8. The van der Waals surface area contributed by atoms with Crippen LogP contribution < -0.4 is 149 Å². The van der Waals surface area contributed by atoms with E-state index in [0.29, 0.717) is 0 Å². The van der Waals surface area contributed by atoms with Gasteiger partial charge in [0.15, 0.2) is 23.9 Å². The number of amides is 1. The molecule has 1 amide bonds. The van der Waals surface area contributed by atoms with E-state index < -0.39 is 91.7 Å². The number of aliphatic hydroxyl groups is 3. The number of hydrogen-bond acceptors (Lipinski definition) is 22. The minimum absolute atomic E-state index is 0. The summed E-state index contributed by atoms with van der Waals surface area (Å²) in [5.41, 5.74) is 11.1. The van der Waals surface area contributed by atoms with Crippen LogP contribution in [0.3, 0.4) is 0 Å². The molecule has 28 nitrogen and oxygen atoms in total. The van der Waals surface area contributed by atoms with E-state index in [1.807, 2.05) is 0 Å². The molecule has 298 valence electrons. The molecule has 0 aromatic carbocycles. The number of aromatic nitrogens is 4. The van der Waals surface area contributed by atoms with Crippen molar-refractivity contribution in [3.8, 4) is 0 Å². The van der Waals surface area contributed by atoms with Gasteiger partial charge in [-0.15, -0.1) is 0 Å². The summed E-state index contributed by atoms with van der Waals surface area (Å²) in [6.07, 6.45) is -7.38. The van der Waals surface area contributed by atoms with E-state index >= 15 is 0 Å². The number of carbonyl (C=O) groups is 1. The summed E-state index contributed by atoms with van der Waals surface area (Å²) in [5, 5.41) is 31.4. The van der Waals surface area contributed by atoms with Crippen molar-refractivity contribution in [1.82, 2.24) is 24.4 Å². The standard InChI is InChI=1S/C21H30N7O17P3.4Na.4H2O/c22-17-12-19(25-7-24-17)28(8-26-12)21-16(44-46(33,34)35)14(30)11(43-21)6-41-48(38,39)45-47(36,37)40-5-10-13(29)15(31)20(42-10)27-3-1-2-9(4-27)18(23)32;;;;;;;;/h1,3-4,7-8,10-11,13-16,20-21,29-31H,2,5-6H2,(H2,23,32)(H,36,37)(H,38,39)(H2,22,24,25)(H2,33,34,35);;;;;4*1H2/q;4*+1;;;;/p-4/t10-,11-,13-,14-,15-,16-,20-,21-;;;;;;;;/m1......../s1. The number of phosphoric acid groups is 3. The van der Waals surface area contributed by atoms with Crippen molar-refractivity contribution < 1.29 is 221 Å². The van der Waals surface area contributed by atoms with E-state index in [9.17, 15) is 53.4 Å². The second-order valence-corrected chi connectivity index (χ2v) is 14.4. The monoisotopic (exact) mass is 905 g/mol. The van der Waals surface area contributed by atoms with Crippen LogP contribution in [-0.2, 0) is 45.8 Å². The third-order valence-electron chi connectivity index (χ3n) is 7.09. The predicted molar refractivity (Wildman–Crippen MR) is 158 cm³/mol. The van der Waals surface area contributed by atoms with Gasteiger partial charge in [-0.2, -0.15) is 0 Å². The number of anilines is 1. The van der Waals surface area contributed by atoms with Crippen molar-refractivity contribution in [1.29, 1.82) is 0 Å². The maximum absolute atomic E-state index is 12.4. The van der Waals surface area contributed by atoms with Crippen molar-refractivity contribution >= 4 is 46.4 Å². The number of rotatable bonds is 13. The SMILES string of the molecule is NC(=O)C1=CN([C@@H]2O[C@H](COP(=O)([O-])OP(=O)([O-])OC[C@H]3O[C@@H](n4cnc5c(N)ncnc54)[C@H](OP(=O)([O-])[O-])[C@@H]3O)[C@@H](O)[C@H]2O)C=CC1.O.O.O.O.[Na+].[Na+].[Na+].[Na+]. The van der Waals surface area contributed by atoms with Crippen molar-refractivity contribution in [2.75, 3.05) is 18.9 Å². The zero-order valence-electron chi connectivity index (χ0n) is 29.9. The first-order valence-electron chi connectivity index (χ1n) is 13.4. The molecule has 0 bridgehead atoms. The van der Waals surface area contributed by atoms with Gasteiger partial charge in [-0.1, -0.05) is 6.08 Å². The molecule has 2 unspecified atom stereocenters. The van der Waals surface area contributed by atoms with Crippen molar-refractivity contribution in [3.05, 3.63) is 36.7 Å². The summed E-state index contributed by atoms with van der Waals surface area (Å²) in [5.74, 6) is -0.849. The normalized spacial score (nSPS) is 27.3. The number of allylic oxidation sites excluding steroid dienone is 1. The number of hydrogen-bond donors (Lipinski definition) is 5. The average molecular weight is 905 g/mol. The van der Waals surface area contributed by atoms with Crippen LogP contribution in [0.5, 0.6) is 0 Å². The Bertz CT molecular complexity index is 1760. The van der Waals surface area contributed by atoms with Crippen LogP contribution in [0.4, 0.5) is 5.82 Å². The van der Waals surface area contributed by atoms with E-state index in [0.717, 1.165) is 17.2 Å². The fraction of sp³-hybridized carbons (Fsp3) is 0.524. The molecule has 0 aliphatic carbocycles. The molecule has 5 rings (SSSR count). The van der Waals surface area contributed by atoms with Gasteiger partial charge >= 0.3 is 118 Å². The first kappa shape index (κ1) is 63.7. The van der Waals surface area contributed by atoms with Gasteiger partial charge in [-0.25, -0.2) is 19.3 Å². The van der Waals surface area contributed by atoms with Gasteiger partial charge < -0.3 is 101 Å². The minimum atomic E-state index is -5.86. The summed E-state index contributed by atoms with van der Waals surface area (Å²) in [6.45, 7) is -2.26. The Morgan fingerprint density at radius 3 is 1.93 bits per heavy atom. The Balaban J connectivity index is -0.00000169. The quantitative estimate of drug-likeness (QED) is 0.0920. The Hall–Kier alpha value is 1.11. The van der Waals surface area contributed by atoms with Crippen molar-refractivity contribution in [2.24, 2.45) is 5.73 Å². The summed E-state index contributed by atoms with van der Waals surface area (Å²) >= 11 is 0. The fourth-order valence-electron chi connectivity index (χ4n) is 4.91. The van der Waals surface area contributed by atoms with E-state index in [1.165, 1.54) is 23.4 Å². The zero-order chi connectivity index (χ0) is 35.2. The molecule has 0 saturated carbocycles. The molecule has 2 fully saturated rings. The number of ether oxygens (including phenoxy) is 2. The summed E-state index contributed by atoms with van der Waals surface area (Å²) in [7, 11) is -17.4. The summed E-state index contributed by atoms with van der Waals surface area (Å²) in [4.78, 5) is 71.8. The van der Waals surface area contributed by atoms with E-state index in [-0.39, 0.29) is 169 Å². The molecule has 3 aliphatic rings. The molecule has 2 aromatic heterocycles. The molecule has 10 atom stereocenters. The number of phosphoric ester groups is 3. The fourth-order valence-corrected chi connectivity index (χ4v) is 7.45. The molecule has 0 spiro atoms. The number of nitrogens with two attached hydrogens (primary N) is 2. The van der Waals surface area contributed by atoms with Crippen LogP contribution in [0.15, 0.2) is 36.7 Å². The van der Waals surface area contributed by atoms with Gasteiger partial charge in [-0.05, 0) is 6.42 Å². The summed E-state index contributed by atoms with van der Waals surface area (Å²) < 4.78 is 65.6. The number of primary amides is 1. The predicted octanol–water partition coefficient (Wildman–Crippen LogP) is -20.4. The van der Waals surface area contributed by atoms with Gasteiger partial charge in [0.1, 0.15) is 48.5 Å². The molecule has 3 aliphatic heterocycles. The van der Waals surface area contributed by atoms with Crippen LogP contribution in [0.25, 0.3) is 11.2 Å². The maximum Gasteiger partial charge on any atom is 1.00 e. The average Bonchev–Trinajstić information content (AvgIpc) is 3.64. The number of imidazole rings is 1. The van der Waals surface area contributed by atoms with E-state index in [1.54, 1.807) is 0 Å². The molecule has 5 heterocycles. The third-order valence-corrected chi connectivity index (χ3v) is 10.1. The molecule has 2 saturated heterocycles. The van der Waals surface area contributed by atoms with Crippen molar-refractivity contribution in [3.63, 3.8) is 0 Å². The number of carbonyl (C=O) groups excluding carboxylic acids is 1. The molecule has 15 N–H and O–H groups in total. The van der Waals surface area contributed by atoms with E-state index in [4.69, 9.17) is 20.9 Å². The first-order chi connectivity index (χ1) is 22.4. The van der Waals surface area contributed by atoms with Crippen molar-refractivity contribution in [2.45, 2.75) is 55.5 Å². The van der Waals surface area contributed by atoms with Gasteiger partial charge in [-0.3, -0.25) is 18.5 Å². The molecule has 35 heteroatoms. The Morgan fingerprint density at radius 1 is 0.857 bits per heavy atom. The van der Waals surface area contributed by atoms with Crippen LogP contribution >= 0.6 is 23.5 Å². The van der Waals surface area contributed by atoms with Gasteiger partial charge in [0.2, 0.25) is 5.91 Å². The smallest absolute Gasteiger partial charge is 0.790 e. The van der Waals surface area contributed by atoms with Gasteiger partial charge in [0.25, 0.3) is 15.6 Å². The molecular weight excluding hydrogens is 871 g/mol. The largest absolute Gasteiger partial charge is 1.00 e. The zero-order valence-corrected chi connectivity index (χ0v) is 40.6. The van der Waals surface area contributed by atoms with Gasteiger partial charge in [0.05, 0.1) is 27.4 Å². The van der Waals surface area contributed by atoms with Crippen LogP contribution in [0, 0.1) is 0 Å². The van der Waals surface area contributed by atoms with Crippen LogP contribution in [0.2, 0.25) is 0 Å². The Labute approximate surface area is 404 Å². The Kier molecular flexibility index (Phi) is 29.5. The second-order valence-electron chi connectivity index (χ2n) is 10.3. The molecule has 56 heavy (non-hydrogen) atoms. The minimum Gasteiger partial charge on any atom is -0.790 e. The number of fused-ring (bicyclic) bond motifs is 1. The van der Waals surface area contributed by atoms with Crippen LogP contribution in [0.1, 0.15) is 12.6 Å². The number of nitrogen functional groups attached to an aromatic ring is 1. The molecular formula is C21H34N7Na4O21P3. The van der Waals surface area contributed by atoms with E-state index in [2.05, 4.69) is 32.8 Å². The molecule has 0 radical (unpaired) electrons. The maximum atomic E-state index is 12.4. The first-order valence-corrected chi connectivity index (χ1v) is 17.8. The topological polar surface area (TPSA) is 501 Å². The second kappa shape index (κ2) is 25.9. The Morgan fingerprint density at radius 2 is 1.39 bits per heavy atom. The summed E-state index contributed by atoms with van der Waals surface area (Å²) in [6, 6.07) is 0. The van der Waals surface area contributed by atoms with Crippen LogP contribution in [-0.4, -0.2) is 124 Å². The number of nitrogens with zero attached hydrogens (tertiary/aromatic N) is 5. The van der Waals surface area contributed by atoms with Gasteiger partial charge in [0, 0.05) is 18.0 Å². The number of aliphatic hydroxyl groups excluding tert-OH is 3.